The Kier molecular flexibility index (Phi) is 3.38. The number of nitrogens with zero attached hydrogens (tertiary/aromatic N) is 1. The van der Waals surface area contributed by atoms with Gasteiger partial charge in [-0.25, -0.2) is 0 Å². The number of fused-ring (bicyclic) bond motifs is 1. The summed E-state index contributed by atoms with van der Waals surface area (Å²) in [4.78, 5) is 4.62. The first-order valence-electron chi connectivity index (χ1n) is 5.23. The minimum atomic E-state index is 0.320. The van der Waals surface area contributed by atoms with Crippen LogP contribution in [0.3, 0.4) is 0 Å². The van der Waals surface area contributed by atoms with Crippen molar-refractivity contribution >= 4 is 28.5 Å². The third kappa shape index (κ3) is 2.56. The maximum atomic E-state index is 5.63. The zero-order valence-electron chi connectivity index (χ0n) is 8.90. The van der Waals surface area contributed by atoms with E-state index >= 15 is 0 Å². The summed E-state index contributed by atoms with van der Waals surface area (Å²) in [6.45, 7) is 5.29. The first-order valence-corrected chi connectivity index (χ1v) is 6.52. The van der Waals surface area contributed by atoms with E-state index in [1.54, 1.807) is 4.88 Å². The fourth-order valence-electron chi connectivity index (χ4n) is 1.94. The molecule has 15 heavy (non-hydrogen) atoms. The van der Waals surface area contributed by atoms with Gasteiger partial charge in [0.15, 0.2) is 0 Å². The maximum absolute atomic E-state index is 5.63. The molecular weight excluding hydrogens is 224 g/mol. The maximum Gasteiger partial charge on any atom is 0.0768 e. The van der Waals surface area contributed by atoms with Crippen molar-refractivity contribution in [2.45, 2.75) is 19.9 Å². The zero-order chi connectivity index (χ0) is 10.8. The minimum absolute atomic E-state index is 0.320. The molecule has 0 spiro atoms. The molecule has 1 atom stereocenters. The van der Waals surface area contributed by atoms with Gasteiger partial charge in [0.05, 0.1) is 4.99 Å². The van der Waals surface area contributed by atoms with Crippen molar-refractivity contribution in [3.63, 3.8) is 0 Å². The van der Waals surface area contributed by atoms with Crippen LogP contribution in [0, 0.1) is 5.92 Å². The topological polar surface area (TPSA) is 29.3 Å². The van der Waals surface area contributed by atoms with Gasteiger partial charge in [-0.15, -0.1) is 11.3 Å². The quantitative estimate of drug-likeness (QED) is 0.820. The van der Waals surface area contributed by atoms with Crippen molar-refractivity contribution in [3.8, 4) is 0 Å². The Morgan fingerprint density at radius 1 is 1.73 bits per heavy atom. The number of nitrogens with two attached hydrogens (primary N) is 1. The van der Waals surface area contributed by atoms with E-state index in [2.05, 4.69) is 23.3 Å². The smallest absolute Gasteiger partial charge is 0.0768 e. The molecule has 0 bridgehead atoms. The van der Waals surface area contributed by atoms with Crippen molar-refractivity contribution in [2.75, 3.05) is 13.1 Å². The molecule has 0 saturated carbocycles. The molecule has 1 unspecified atom stereocenters. The molecule has 4 heteroatoms. The lowest BCUT2D eigenvalue weighted by atomic mass is 10.1. The second kappa shape index (κ2) is 4.60. The Morgan fingerprint density at radius 2 is 2.53 bits per heavy atom. The molecule has 2 rings (SSSR count). The molecule has 82 valence electrons. The molecule has 0 aromatic carbocycles. The van der Waals surface area contributed by atoms with E-state index in [1.165, 1.54) is 12.0 Å². The van der Waals surface area contributed by atoms with Crippen molar-refractivity contribution in [1.29, 1.82) is 0 Å². The van der Waals surface area contributed by atoms with Crippen LogP contribution in [0.4, 0.5) is 0 Å². The Labute approximate surface area is 100 Å². The Bertz CT molecular complexity index is 359. The van der Waals surface area contributed by atoms with Gasteiger partial charge in [0.1, 0.15) is 0 Å². The summed E-state index contributed by atoms with van der Waals surface area (Å²) in [6, 6.07) is 2.23. The second-order valence-electron chi connectivity index (χ2n) is 4.16. The number of hydrogen-bond acceptors (Lipinski definition) is 3. The first-order chi connectivity index (χ1) is 7.16. The third-order valence-corrected chi connectivity index (χ3v) is 4.33. The molecule has 1 aromatic heterocycles. The van der Waals surface area contributed by atoms with Gasteiger partial charge in [-0.2, -0.15) is 0 Å². The predicted molar refractivity (Wildman–Crippen MR) is 69.2 cm³/mol. The summed E-state index contributed by atoms with van der Waals surface area (Å²) in [5, 5.41) is 2.19. The highest BCUT2D eigenvalue weighted by Crippen LogP contribution is 2.24. The number of thiophene rings is 1. The molecule has 0 fully saturated rings. The van der Waals surface area contributed by atoms with Crippen LogP contribution < -0.4 is 5.73 Å². The van der Waals surface area contributed by atoms with Crippen molar-refractivity contribution in [1.82, 2.24) is 4.90 Å². The molecule has 0 aliphatic carbocycles. The number of thiocarbonyl (C=S) groups is 1. The van der Waals surface area contributed by atoms with Gasteiger partial charge in [-0.05, 0) is 23.4 Å². The standard InChI is InChI=1S/C11H16N2S2/c1-8(11(12)14)6-13-4-2-10-9(7-13)3-5-15-10/h3,5,8H,2,4,6-7H2,1H3,(H2,12,14). The minimum Gasteiger partial charge on any atom is -0.393 e. The summed E-state index contributed by atoms with van der Waals surface area (Å²) >= 11 is 6.88. The fraction of sp³-hybridized carbons (Fsp3) is 0.545. The summed E-state index contributed by atoms with van der Waals surface area (Å²) in [5.74, 6) is 0.320. The Morgan fingerprint density at radius 3 is 3.27 bits per heavy atom. The van der Waals surface area contributed by atoms with E-state index in [0.717, 1.165) is 19.6 Å². The van der Waals surface area contributed by atoms with Crippen LogP contribution in [0.2, 0.25) is 0 Å². The average molecular weight is 240 g/mol. The predicted octanol–water partition coefficient (Wildman–Crippen LogP) is 2.03. The van der Waals surface area contributed by atoms with Gasteiger partial charge in [-0.1, -0.05) is 19.1 Å². The van der Waals surface area contributed by atoms with Crippen LogP contribution in [0.15, 0.2) is 11.4 Å². The number of rotatable bonds is 3. The van der Waals surface area contributed by atoms with Gasteiger partial charge in [0.25, 0.3) is 0 Å². The van der Waals surface area contributed by atoms with Gasteiger partial charge in [0, 0.05) is 30.4 Å². The van der Waals surface area contributed by atoms with E-state index in [0.29, 0.717) is 10.9 Å². The molecule has 2 nitrogen and oxygen atoms in total. The fourth-order valence-corrected chi connectivity index (χ4v) is 2.90. The highest BCUT2D eigenvalue weighted by atomic mass is 32.1. The van der Waals surface area contributed by atoms with Gasteiger partial charge in [0.2, 0.25) is 0 Å². The monoisotopic (exact) mass is 240 g/mol. The SMILES string of the molecule is CC(CN1CCc2sccc2C1)C(N)=S. The highest BCUT2D eigenvalue weighted by molar-refractivity contribution is 7.80. The third-order valence-electron chi connectivity index (χ3n) is 2.90. The molecule has 1 aromatic rings. The van der Waals surface area contributed by atoms with Crippen LogP contribution in [-0.4, -0.2) is 23.0 Å². The van der Waals surface area contributed by atoms with Gasteiger partial charge < -0.3 is 5.73 Å². The Hall–Kier alpha value is -0.450. The van der Waals surface area contributed by atoms with E-state index in [1.807, 2.05) is 11.3 Å². The van der Waals surface area contributed by atoms with Gasteiger partial charge >= 0.3 is 0 Å². The van der Waals surface area contributed by atoms with Crippen LogP contribution >= 0.6 is 23.6 Å². The average Bonchev–Trinajstić information content (AvgIpc) is 2.64. The highest BCUT2D eigenvalue weighted by Gasteiger charge is 2.19. The summed E-state index contributed by atoms with van der Waals surface area (Å²) in [5.41, 5.74) is 7.12. The van der Waals surface area contributed by atoms with E-state index in [-0.39, 0.29) is 0 Å². The molecule has 0 radical (unpaired) electrons. The lowest BCUT2D eigenvalue weighted by Crippen LogP contribution is -2.36. The lowest BCUT2D eigenvalue weighted by Gasteiger charge is -2.28. The van der Waals surface area contributed by atoms with Crippen LogP contribution in [0.1, 0.15) is 17.4 Å². The van der Waals surface area contributed by atoms with E-state index < -0.39 is 0 Å². The summed E-state index contributed by atoms with van der Waals surface area (Å²) in [6.07, 6.45) is 1.18. The van der Waals surface area contributed by atoms with Crippen molar-refractivity contribution < 1.29 is 0 Å². The van der Waals surface area contributed by atoms with E-state index in [9.17, 15) is 0 Å². The molecule has 0 saturated heterocycles. The van der Waals surface area contributed by atoms with Crippen LogP contribution in [0.25, 0.3) is 0 Å². The normalized spacial score (nSPS) is 18.5. The largest absolute Gasteiger partial charge is 0.393 e. The summed E-state index contributed by atoms with van der Waals surface area (Å²) < 4.78 is 0. The molecule has 2 N–H and O–H groups in total. The molecule has 1 aliphatic heterocycles. The first kappa shape index (κ1) is 11.0. The van der Waals surface area contributed by atoms with Gasteiger partial charge in [-0.3, -0.25) is 4.90 Å². The zero-order valence-corrected chi connectivity index (χ0v) is 10.5. The Balaban J connectivity index is 1.95. The van der Waals surface area contributed by atoms with Crippen molar-refractivity contribution in [3.05, 3.63) is 21.9 Å². The molecular formula is C11H16N2S2. The molecule has 0 amide bonds. The lowest BCUT2D eigenvalue weighted by molar-refractivity contribution is 0.242. The van der Waals surface area contributed by atoms with Crippen molar-refractivity contribution in [2.24, 2.45) is 11.7 Å². The second-order valence-corrected chi connectivity index (χ2v) is 5.63. The number of hydrogen-bond donors (Lipinski definition) is 1. The molecule has 2 heterocycles. The summed E-state index contributed by atoms with van der Waals surface area (Å²) in [7, 11) is 0. The van der Waals surface area contributed by atoms with Crippen LogP contribution in [-0.2, 0) is 13.0 Å². The van der Waals surface area contributed by atoms with E-state index in [4.69, 9.17) is 18.0 Å². The van der Waals surface area contributed by atoms with Crippen LogP contribution in [0.5, 0.6) is 0 Å². The molecule has 1 aliphatic rings.